The minimum absolute atomic E-state index is 0. The predicted molar refractivity (Wildman–Crippen MR) is 327 cm³/mol. The summed E-state index contributed by atoms with van der Waals surface area (Å²) in [6.45, 7) is 29.8. The number of pyridine rings is 1. The standard InChI is InChI=1S/C74H72N4O.Pt/c1-70(2,3)56-34-37-65-64(45-56)63-36-35-61(48-66(63)78(65)67-46-57(38-39-75-67)71(4,5)6)79-62-43-53(51-28-20-15-21-29-51)42-60(47-62)77-49-76(59-41-52(50-26-18-14-19-27-50)40-58(44-59)72(7,8)9)68(73(10,11)54-30-22-16-23-31-54)69(77)74(12,13)55-32-24-17-25-33-55;/h14-46H,1-13H3;/q-2;. The van der Waals surface area contributed by atoms with Gasteiger partial charge in [0.15, 0.2) is 0 Å². The predicted octanol–water partition coefficient (Wildman–Crippen LogP) is 18.3. The molecule has 0 saturated carbocycles. The van der Waals surface area contributed by atoms with Gasteiger partial charge in [-0.1, -0.05) is 235 Å². The van der Waals surface area contributed by atoms with Crippen LogP contribution in [0.25, 0.3) is 61.3 Å². The smallest absolute Gasteiger partial charge is 0.267 e. The summed E-state index contributed by atoms with van der Waals surface area (Å²) in [5.74, 6) is 1.97. The molecule has 0 atom stereocenters. The van der Waals surface area contributed by atoms with E-state index in [4.69, 9.17) is 9.72 Å². The zero-order valence-corrected chi connectivity index (χ0v) is 50.8. The van der Waals surface area contributed by atoms with E-state index in [1.165, 1.54) is 27.8 Å². The topological polar surface area (TPSA) is 35.9 Å². The number of ether oxygens (including phenoxy) is 1. The minimum atomic E-state index is -0.566. The molecule has 8 aromatic carbocycles. The van der Waals surface area contributed by atoms with Gasteiger partial charge in [-0.2, -0.15) is 12.1 Å². The van der Waals surface area contributed by atoms with E-state index in [-0.39, 0.29) is 37.3 Å². The molecule has 3 heterocycles. The fraction of sp³-hybridized carbons (Fsp3) is 0.243. The van der Waals surface area contributed by atoms with Gasteiger partial charge >= 0.3 is 0 Å². The number of rotatable bonds is 11. The SMILES string of the molecule is CC(C)(C)c1cc(-c2ccccc2)cc(-[n+]2[c-]n(-c3[c-]c(Oc4[c-]c5c(cc4)c4cc(C(C)(C)C)ccc4n5-c4cc(C(C)(C)C)ccn4)cc(-c4ccccc4)c3)c(C(C)(C)c3ccccc3)c2C(C)(C)c2ccccc2)c1.[Pt]. The second kappa shape index (κ2) is 21.1. The number of nitrogens with zero attached hydrogens (tertiary/aromatic N) is 4. The zero-order chi connectivity index (χ0) is 55.6. The van der Waals surface area contributed by atoms with E-state index in [2.05, 4.69) is 310 Å². The second-order valence-corrected chi connectivity index (χ2v) is 25.5. The van der Waals surface area contributed by atoms with E-state index >= 15 is 0 Å². The molecule has 0 aliphatic carbocycles. The van der Waals surface area contributed by atoms with Gasteiger partial charge in [-0.15, -0.1) is 35.2 Å². The molecule has 6 heteroatoms. The molecule has 0 fully saturated rings. The zero-order valence-electron chi connectivity index (χ0n) is 48.6. The number of aromatic nitrogens is 4. The van der Waals surface area contributed by atoms with Gasteiger partial charge in [-0.05, 0) is 102 Å². The van der Waals surface area contributed by atoms with Crippen molar-refractivity contribution in [1.29, 1.82) is 0 Å². The molecule has 80 heavy (non-hydrogen) atoms. The summed E-state index contributed by atoms with van der Waals surface area (Å²) in [6, 6.07) is 77.5. The van der Waals surface area contributed by atoms with Crippen molar-refractivity contribution in [3.8, 4) is 50.9 Å². The van der Waals surface area contributed by atoms with Crippen molar-refractivity contribution < 1.29 is 30.4 Å². The Labute approximate surface area is 489 Å². The van der Waals surface area contributed by atoms with Crippen LogP contribution in [0.5, 0.6) is 11.5 Å². The molecule has 3 aromatic heterocycles. The molecule has 0 unspecified atom stereocenters. The first-order valence-electron chi connectivity index (χ1n) is 27.8. The summed E-state index contributed by atoms with van der Waals surface area (Å²) in [5.41, 5.74) is 15.0. The number of hydrogen-bond acceptors (Lipinski definition) is 2. The van der Waals surface area contributed by atoms with Crippen LogP contribution in [0.3, 0.4) is 0 Å². The van der Waals surface area contributed by atoms with Gasteiger partial charge in [0, 0.05) is 55.1 Å². The molecular weight excluding hydrogens is 1160 g/mol. The van der Waals surface area contributed by atoms with Crippen LogP contribution in [0, 0.1) is 18.5 Å². The van der Waals surface area contributed by atoms with E-state index in [0.717, 1.165) is 72.6 Å². The van der Waals surface area contributed by atoms with Crippen LogP contribution in [-0.2, 0) is 48.1 Å². The number of hydrogen-bond donors (Lipinski definition) is 0. The van der Waals surface area contributed by atoms with Crippen LogP contribution < -0.4 is 9.30 Å². The molecule has 0 aliphatic heterocycles. The van der Waals surface area contributed by atoms with Crippen molar-refractivity contribution in [1.82, 2.24) is 14.1 Å². The Kier molecular flexibility index (Phi) is 14.7. The van der Waals surface area contributed by atoms with Gasteiger partial charge in [0.2, 0.25) is 0 Å². The average Bonchev–Trinajstić information content (AvgIpc) is 4.15. The summed E-state index contributed by atoms with van der Waals surface area (Å²) < 4.78 is 14.0. The molecule has 0 spiro atoms. The maximum Gasteiger partial charge on any atom is 0.267 e. The number of benzene rings is 8. The molecule has 11 aromatic rings. The maximum absolute atomic E-state index is 7.16. The second-order valence-electron chi connectivity index (χ2n) is 25.5. The van der Waals surface area contributed by atoms with Crippen molar-refractivity contribution in [3.63, 3.8) is 0 Å². The quantitative estimate of drug-likeness (QED) is 0.0956. The van der Waals surface area contributed by atoms with Crippen molar-refractivity contribution in [2.24, 2.45) is 0 Å². The molecule has 0 bridgehead atoms. The molecule has 5 nitrogen and oxygen atoms in total. The van der Waals surface area contributed by atoms with Gasteiger partial charge in [0.05, 0.1) is 17.1 Å². The van der Waals surface area contributed by atoms with Crippen LogP contribution in [0.1, 0.15) is 129 Å². The van der Waals surface area contributed by atoms with Gasteiger partial charge in [0.1, 0.15) is 5.82 Å². The largest absolute Gasteiger partial charge is 0.510 e. The normalized spacial score (nSPS) is 12.5. The summed E-state index contributed by atoms with van der Waals surface area (Å²) in [6.07, 6.45) is 6.01. The van der Waals surface area contributed by atoms with Gasteiger partial charge in [-0.3, -0.25) is 4.57 Å². The van der Waals surface area contributed by atoms with E-state index in [0.29, 0.717) is 11.5 Å². The maximum atomic E-state index is 7.16. The van der Waals surface area contributed by atoms with Crippen molar-refractivity contribution in [2.45, 2.75) is 117 Å². The Morgan fingerprint density at radius 1 is 0.438 bits per heavy atom. The Hall–Kier alpha value is -7.59. The summed E-state index contributed by atoms with van der Waals surface area (Å²) >= 11 is 0. The Balaban J connectivity index is 0.00000720. The van der Waals surface area contributed by atoms with Crippen LogP contribution in [0.15, 0.2) is 200 Å². The fourth-order valence-electron chi connectivity index (χ4n) is 11.2. The third-order valence-electron chi connectivity index (χ3n) is 15.9. The monoisotopic (exact) mass is 1230 g/mol. The van der Waals surface area contributed by atoms with E-state index < -0.39 is 10.8 Å². The molecular formula is C74H72N4OPt-2. The molecule has 11 rings (SSSR count). The van der Waals surface area contributed by atoms with Crippen molar-refractivity contribution in [3.05, 3.63) is 258 Å². The van der Waals surface area contributed by atoms with Crippen molar-refractivity contribution in [2.75, 3.05) is 0 Å². The molecule has 0 aliphatic rings. The number of imidazole rings is 1. The first kappa shape index (κ1) is 55.7. The van der Waals surface area contributed by atoms with Crippen LogP contribution in [-0.4, -0.2) is 14.1 Å². The Morgan fingerprint density at radius 3 is 1.57 bits per heavy atom. The molecule has 0 radical (unpaired) electrons. The Morgan fingerprint density at radius 2 is 0.988 bits per heavy atom. The average molecular weight is 1230 g/mol. The van der Waals surface area contributed by atoms with Crippen LogP contribution >= 0.6 is 0 Å². The van der Waals surface area contributed by atoms with Crippen LogP contribution in [0.2, 0.25) is 0 Å². The Bertz CT molecular complexity index is 4020. The number of fused-ring (bicyclic) bond motifs is 3. The third-order valence-corrected chi connectivity index (χ3v) is 15.9. The molecule has 0 N–H and O–H groups in total. The molecule has 406 valence electrons. The first-order valence-corrected chi connectivity index (χ1v) is 27.8. The minimum Gasteiger partial charge on any atom is -0.510 e. The third kappa shape index (κ3) is 10.7. The van der Waals surface area contributed by atoms with Gasteiger partial charge in [0.25, 0.3) is 6.33 Å². The summed E-state index contributed by atoms with van der Waals surface area (Å²) in [7, 11) is 0. The summed E-state index contributed by atoms with van der Waals surface area (Å²) in [5, 5.41) is 2.23. The van der Waals surface area contributed by atoms with Crippen molar-refractivity contribution >= 4 is 21.8 Å². The molecule has 0 amide bonds. The van der Waals surface area contributed by atoms with Gasteiger partial charge < -0.3 is 13.9 Å². The van der Waals surface area contributed by atoms with Crippen LogP contribution in [0.4, 0.5) is 0 Å². The first-order chi connectivity index (χ1) is 37.6. The summed E-state index contributed by atoms with van der Waals surface area (Å²) in [4.78, 5) is 5.01. The van der Waals surface area contributed by atoms with E-state index in [9.17, 15) is 0 Å². The van der Waals surface area contributed by atoms with E-state index in [1.54, 1.807) is 0 Å². The molecule has 0 saturated heterocycles. The fourth-order valence-corrected chi connectivity index (χ4v) is 11.2. The van der Waals surface area contributed by atoms with E-state index in [1.807, 2.05) is 12.3 Å². The van der Waals surface area contributed by atoms with Gasteiger partial charge in [-0.25, -0.2) is 4.98 Å².